The topological polar surface area (TPSA) is 523 Å². The zero-order valence-electron chi connectivity index (χ0n) is 40.9. The molecule has 11 atom stereocenters. The molecule has 0 bridgehead atoms. The van der Waals surface area contributed by atoms with Gasteiger partial charge in [-0.1, -0.05) is 13.0 Å². The van der Waals surface area contributed by atoms with Crippen molar-refractivity contribution >= 4 is 71.0 Å². The van der Waals surface area contributed by atoms with Crippen molar-refractivity contribution in [2.45, 2.75) is 134 Å². The molecule has 0 aromatic heterocycles. The average Bonchev–Trinajstić information content (AvgIpc) is 3.32. The fourth-order valence-electron chi connectivity index (χ4n) is 6.59. The first-order valence-corrected chi connectivity index (χ1v) is 22.8. The van der Waals surface area contributed by atoms with Crippen LogP contribution in [0.2, 0.25) is 0 Å². The summed E-state index contributed by atoms with van der Waals surface area (Å²) in [5.41, 5.74) is 15.8. The average molecular weight is 1050 g/mol. The lowest BCUT2D eigenvalue weighted by molar-refractivity contribution is -0.173. The highest BCUT2D eigenvalue weighted by molar-refractivity contribution is 6.02. The minimum Gasteiger partial charge on any atom is -0.479 e. The molecule has 0 radical (unpaired) electrons. The highest BCUT2D eigenvalue weighted by Gasteiger charge is 2.39. The molecule has 1 saturated heterocycles. The molecule has 21 N–H and O–H groups in total. The van der Waals surface area contributed by atoms with Crippen molar-refractivity contribution in [3.63, 3.8) is 0 Å². The van der Waals surface area contributed by atoms with E-state index >= 15 is 0 Å². The molecule has 1 fully saturated rings. The Balaban J connectivity index is 3.22. The molecule has 412 valence electrons. The summed E-state index contributed by atoms with van der Waals surface area (Å²) in [4.78, 5) is 146. The number of hydrogen-bond acceptors (Lipinski definition) is 19. The van der Waals surface area contributed by atoms with Gasteiger partial charge in [0.25, 0.3) is 11.8 Å². The minimum atomic E-state index is -2.60. The fraction of sp³-hybridized carbons (Fsp3) is 0.659. The maximum Gasteiger partial charge on any atom is 0.335 e. The van der Waals surface area contributed by atoms with Crippen molar-refractivity contribution in [3.8, 4) is 0 Å². The second-order valence-electron chi connectivity index (χ2n) is 16.8. The fourth-order valence-corrected chi connectivity index (χ4v) is 6.59. The first kappa shape index (κ1) is 63.9. The van der Waals surface area contributed by atoms with Crippen LogP contribution in [0.3, 0.4) is 0 Å². The van der Waals surface area contributed by atoms with Gasteiger partial charge in [0.2, 0.25) is 47.3 Å². The highest BCUT2D eigenvalue weighted by Crippen LogP contribution is 2.12. The van der Waals surface area contributed by atoms with Crippen LogP contribution in [0.15, 0.2) is 16.8 Å². The summed E-state index contributed by atoms with van der Waals surface area (Å²) in [6.45, 7) is 3.52. The lowest BCUT2D eigenvalue weighted by Gasteiger charge is -2.30. The monoisotopic (exact) mass is 1050 g/mol. The second-order valence-corrected chi connectivity index (χ2v) is 16.8. The number of carboxylic acids is 1. The predicted molar refractivity (Wildman–Crippen MR) is 249 cm³/mol. The third-order valence-electron chi connectivity index (χ3n) is 10.9. The Bertz CT molecular complexity index is 2040. The van der Waals surface area contributed by atoms with Gasteiger partial charge in [0, 0.05) is 32.6 Å². The van der Waals surface area contributed by atoms with Gasteiger partial charge in [-0.15, -0.1) is 0 Å². The Kier molecular flexibility index (Phi) is 27.5. The number of aliphatic imine (C=N–C) groups is 1. The van der Waals surface area contributed by atoms with Crippen molar-refractivity contribution in [1.82, 2.24) is 52.7 Å². The van der Waals surface area contributed by atoms with Gasteiger partial charge in [-0.3, -0.25) is 63.4 Å². The molecule has 73 heavy (non-hydrogen) atoms. The van der Waals surface area contributed by atoms with E-state index in [4.69, 9.17) is 17.2 Å². The zero-order chi connectivity index (χ0) is 55.9. The lowest BCUT2D eigenvalue weighted by Crippen LogP contribution is -2.62. The summed E-state index contributed by atoms with van der Waals surface area (Å²) in [5, 5.41) is 88.3. The third-order valence-corrected chi connectivity index (χ3v) is 10.9. The molecule has 1 heterocycles. The standard InChI is InChI=1S/C41H70N14O18/c1-6-22(47-27(59)16-46-37(67)28(20(4)57)52-38(68)29(31(61)40(70)71)53-32(62)18(2)30(60)19(3)42)33(63)48-24(11-8-14-54(72)21(5)58)35(65)51-26(17-56)36(66)49-23(10-7-13-45-41(43)44)34(64)50-25-12-9-15-55(73)39(25)69/h6,18-20,23-26,28-31,56-57,60-61,72-73H,7-17,42H2,1-5H3,(H,46,67)(H,47,59)(H,48,63)(H,49,66)(H,50,64)(H,51,65)(H,52,68)(H,53,62)(H,70,71)(H4,43,44,45)/b22-6-. The number of rotatable bonds is 30. The van der Waals surface area contributed by atoms with Crippen molar-refractivity contribution in [2.24, 2.45) is 28.1 Å². The van der Waals surface area contributed by atoms with Crippen LogP contribution >= 0.6 is 0 Å². The Hall–Kier alpha value is -7.10. The summed E-state index contributed by atoms with van der Waals surface area (Å²) in [5.74, 6) is -14.4. The van der Waals surface area contributed by atoms with Gasteiger partial charge in [-0.25, -0.2) is 14.9 Å². The maximum absolute atomic E-state index is 13.7. The summed E-state index contributed by atoms with van der Waals surface area (Å²) < 4.78 is 0. The maximum atomic E-state index is 13.7. The Labute approximate surface area is 418 Å². The van der Waals surface area contributed by atoms with E-state index in [0.717, 1.165) is 19.9 Å². The van der Waals surface area contributed by atoms with Gasteiger partial charge in [0.15, 0.2) is 12.1 Å². The van der Waals surface area contributed by atoms with Crippen molar-refractivity contribution in [1.29, 1.82) is 0 Å². The first-order valence-electron chi connectivity index (χ1n) is 22.8. The summed E-state index contributed by atoms with van der Waals surface area (Å²) in [7, 11) is 0. The molecule has 1 rings (SSSR count). The number of piperidine rings is 1. The quantitative estimate of drug-likeness (QED) is 0.00793. The van der Waals surface area contributed by atoms with Gasteiger partial charge in [0.05, 0.1) is 31.3 Å². The molecule has 0 saturated carbocycles. The van der Waals surface area contributed by atoms with Crippen LogP contribution in [-0.2, 0) is 52.7 Å². The van der Waals surface area contributed by atoms with Crippen LogP contribution in [0, 0.1) is 5.92 Å². The molecular weight excluding hydrogens is 977 g/mol. The number of nitrogens with zero attached hydrogens (tertiary/aromatic N) is 3. The number of hydrogen-bond donors (Lipinski definition) is 18. The number of amides is 10. The predicted octanol–water partition coefficient (Wildman–Crippen LogP) is -8.72. The number of hydroxylamine groups is 4. The molecule has 0 aliphatic carbocycles. The van der Waals surface area contributed by atoms with Crippen LogP contribution in [0.25, 0.3) is 0 Å². The SMILES string of the molecule is C/C=C(\NC(=O)CNC(=O)C(NC(=O)C(NC(=O)C(C)C(O)C(C)N)C(O)C(=O)O)C(C)O)C(=O)NC(CCCN(O)C(C)=O)C(=O)NC(CO)C(=O)NC(CCCN=C(N)N)C(=O)NC1CCCN(O)C1=O. The molecule has 10 amide bonds. The molecule has 0 aromatic carbocycles. The molecule has 11 unspecified atom stereocenters. The van der Waals surface area contributed by atoms with Crippen LogP contribution in [0.4, 0.5) is 0 Å². The van der Waals surface area contributed by atoms with Gasteiger partial charge >= 0.3 is 5.97 Å². The second kappa shape index (κ2) is 31.4. The molecular formula is C41H70N14O18. The van der Waals surface area contributed by atoms with E-state index < -0.39 is 150 Å². The molecule has 32 heteroatoms. The normalized spacial score (nSPS) is 17.7. The molecule has 32 nitrogen and oxygen atoms in total. The number of carbonyl (C=O) groups is 11. The summed E-state index contributed by atoms with van der Waals surface area (Å²) in [6.07, 6.45) is -4.80. The number of carboxylic acid groups (broad SMARTS) is 1. The van der Waals surface area contributed by atoms with Crippen molar-refractivity contribution in [2.75, 3.05) is 32.8 Å². The number of allylic oxidation sites excluding steroid dienone is 1. The third kappa shape index (κ3) is 21.7. The van der Waals surface area contributed by atoms with E-state index in [1.807, 2.05) is 10.6 Å². The summed E-state index contributed by atoms with van der Waals surface area (Å²) >= 11 is 0. The molecule has 0 aromatic rings. The highest BCUT2D eigenvalue weighted by atomic mass is 16.5. The molecule has 0 spiro atoms. The number of guanidine groups is 1. The smallest absolute Gasteiger partial charge is 0.335 e. The van der Waals surface area contributed by atoms with Gasteiger partial charge < -0.3 is 85.3 Å². The van der Waals surface area contributed by atoms with E-state index in [-0.39, 0.29) is 57.7 Å². The van der Waals surface area contributed by atoms with Crippen LogP contribution < -0.4 is 59.7 Å². The minimum absolute atomic E-state index is 0.00874. The number of carbonyl (C=O) groups excluding carboxylic acids is 10. The van der Waals surface area contributed by atoms with Crippen molar-refractivity contribution < 1.29 is 88.7 Å². The van der Waals surface area contributed by atoms with Crippen LogP contribution in [-0.4, -0.2) is 210 Å². The number of aliphatic hydroxyl groups excluding tert-OH is 4. The van der Waals surface area contributed by atoms with Crippen molar-refractivity contribution in [3.05, 3.63) is 11.8 Å². The molecule has 1 aliphatic rings. The Morgan fingerprint density at radius 2 is 1.40 bits per heavy atom. The Morgan fingerprint density at radius 3 is 1.95 bits per heavy atom. The Morgan fingerprint density at radius 1 is 0.822 bits per heavy atom. The van der Waals surface area contributed by atoms with Crippen LogP contribution in [0.1, 0.15) is 73.1 Å². The first-order chi connectivity index (χ1) is 34.1. The number of nitrogens with two attached hydrogens (primary N) is 3. The van der Waals surface area contributed by atoms with E-state index in [2.05, 4.69) is 36.9 Å². The van der Waals surface area contributed by atoms with Gasteiger partial charge in [0.1, 0.15) is 41.9 Å². The number of nitrogens with one attached hydrogen (secondary N) is 8. The van der Waals surface area contributed by atoms with Gasteiger partial charge in [-0.05, 0) is 59.3 Å². The van der Waals surface area contributed by atoms with E-state index in [9.17, 15) is 88.7 Å². The lowest BCUT2D eigenvalue weighted by atomic mass is 9.97. The largest absolute Gasteiger partial charge is 0.479 e. The zero-order valence-corrected chi connectivity index (χ0v) is 40.9. The molecule has 1 aliphatic heterocycles. The number of aliphatic hydroxyl groups is 4. The van der Waals surface area contributed by atoms with E-state index in [1.54, 1.807) is 0 Å². The number of aliphatic carboxylic acids is 1. The van der Waals surface area contributed by atoms with E-state index in [1.165, 1.54) is 20.8 Å². The van der Waals surface area contributed by atoms with Gasteiger partial charge in [-0.2, -0.15) is 0 Å². The van der Waals surface area contributed by atoms with E-state index in [0.29, 0.717) is 16.5 Å². The van der Waals surface area contributed by atoms with Crippen LogP contribution in [0.5, 0.6) is 0 Å². The summed E-state index contributed by atoms with van der Waals surface area (Å²) in [6, 6.07) is -11.2.